The van der Waals surface area contributed by atoms with Crippen molar-refractivity contribution in [3.8, 4) is 0 Å². The van der Waals surface area contributed by atoms with Crippen LogP contribution in [-0.2, 0) is 19.6 Å². The van der Waals surface area contributed by atoms with E-state index >= 15 is 0 Å². The van der Waals surface area contributed by atoms with E-state index in [9.17, 15) is 28.1 Å². The topological polar surface area (TPSA) is 130 Å². The molecule has 160 valence electrons. The molecular weight excluding hydrogens is 404 g/mol. The SMILES string of the molecule is CCOC(=O)N1CCN(C(=O)C(C)N(c2cccc([N+](=O)[O-])c2)S(C)(=O)=O)CC1. The Morgan fingerprint density at radius 3 is 2.34 bits per heavy atom. The highest BCUT2D eigenvalue weighted by atomic mass is 32.2. The highest BCUT2D eigenvalue weighted by Gasteiger charge is 2.34. The van der Waals surface area contributed by atoms with Crippen molar-refractivity contribution < 1.29 is 27.7 Å². The summed E-state index contributed by atoms with van der Waals surface area (Å²) in [7, 11) is -3.90. The van der Waals surface area contributed by atoms with Gasteiger partial charge in [-0.05, 0) is 19.9 Å². The van der Waals surface area contributed by atoms with Crippen LogP contribution in [-0.4, -0.2) is 80.2 Å². The van der Waals surface area contributed by atoms with E-state index in [0.717, 1.165) is 16.6 Å². The molecule has 1 heterocycles. The molecule has 0 aliphatic carbocycles. The van der Waals surface area contributed by atoms with Gasteiger partial charge in [-0.15, -0.1) is 0 Å². The van der Waals surface area contributed by atoms with Crippen LogP contribution in [0, 0.1) is 10.1 Å². The molecule has 0 saturated carbocycles. The molecule has 1 unspecified atom stereocenters. The van der Waals surface area contributed by atoms with E-state index in [-0.39, 0.29) is 44.2 Å². The Bertz CT molecular complexity index is 882. The van der Waals surface area contributed by atoms with Gasteiger partial charge in [0.1, 0.15) is 6.04 Å². The Hall–Kier alpha value is -2.89. The minimum atomic E-state index is -3.90. The number of hydrogen-bond acceptors (Lipinski definition) is 7. The van der Waals surface area contributed by atoms with Gasteiger partial charge in [0.15, 0.2) is 0 Å². The standard InChI is InChI=1S/C17H24N4O7S/c1-4-28-17(23)19-10-8-18(9-11-19)16(22)13(2)20(29(3,26)27)14-6-5-7-15(12-14)21(24)25/h5-7,12-13H,4,8-11H2,1-3H3. The van der Waals surface area contributed by atoms with Crippen LogP contribution < -0.4 is 4.31 Å². The zero-order valence-corrected chi connectivity index (χ0v) is 17.3. The minimum Gasteiger partial charge on any atom is -0.450 e. The monoisotopic (exact) mass is 428 g/mol. The number of rotatable bonds is 6. The fourth-order valence-electron chi connectivity index (χ4n) is 3.13. The molecule has 1 aromatic rings. The average molecular weight is 428 g/mol. The van der Waals surface area contributed by atoms with E-state index < -0.39 is 33.0 Å². The number of piperazine rings is 1. The zero-order chi connectivity index (χ0) is 21.8. The number of benzene rings is 1. The Morgan fingerprint density at radius 1 is 1.24 bits per heavy atom. The van der Waals surface area contributed by atoms with Crippen LogP contribution in [0.5, 0.6) is 0 Å². The first-order valence-electron chi connectivity index (χ1n) is 9.00. The predicted molar refractivity (Wildman–Crippen MR) is 105 cm³/mol. The third-order valence-corrected chi connectivity index (χ3v) is 5.72. The Kier molecular flexibility index (Phi) is 7.01. The summed E-state index contributed by atoms with van der Waals surface area (Å²) in [6.07, 6.45) is 0.482. The van der Waals surface area contributed by atoms with Crippen molar-refractivity contribution in [2.45, 2.75) is 19.9 Å². The number of carbonyl (C=O) groups is 2. The number of carbonyl (C=O) groups excluding carboxylic acids is 2. The van der Waals surface area contributed by atoms with E-state index in [0.29, 0.717) is 0 Å². The molecule has 12 heteroatoms. The number of sulfonamides is 1. The van der Waals surface area contributed by atoms with Gasteiger partial charge in [0, 0.05) is 38.3 Å². The summed E-state index contributed by atoms with van der Waals surface area (Å²) >= 11 is 0. The summed E-state index contributed by atoms with van der Waals surface area (Å²) in [5.41, 5.74) is -0.244. The second-order valence-electron chi connectivity index (χ2n) is 6.52. The van der Waals surface area contributed by atoms with Crippen molar-refractivity contribution in [3.63, 3.8) is 0 Å². The minimum absolute atomic E-state index is 0.0349. The highest BCUT2D eigenvalue weighted by Crippen LogP contribution is 2.26. The fraction of sp³-hybridized carbons (Fsp3) is 0.529. The smallest absolute Gasteiger partial charge is 0.409 e. The second-order valence-corrected chi connectivity index (χ2v) is 8.38. The van der Waals surface area contributed by atoms with Gasteiger partial charge >= 0.3 is 6.09 Å². The quantitative estimate of drug-likeness (QED) is 0.489. The van der Waals surface area contributed by atoms with E-state index in [2.05, 4.69) is 0 Å². The molecule has 2 amide bonds. The molecule has 2 rings (SSSR count). The number of anilines is 1. The van der Waals surface area contributed by atoms with Gasteiger partial charge in [-0.3, -0.25) is 19.2 Å². The zero-order valence-electron chi connectivity index (χ0n) is 16.5. The number of ether oxygens (including phenoxy) is 1. The predicted octanol–water partition coefficient (Wildman–Crippen LogP) is 1.05. The lowest BCUT2D eigenvalue weighted by Crippen LogP contribution is -2.56. The molecule has 0 radical (unpaired) electrons. The molecule has 11 nitrogen and oxygen atoms in total. The largest absolute Gasteiger partial charge is 0.450 e. The summed E-state index contributed by atoms with van der Waals surface area (Å²) in [4.78, 5) is 38.1. The van der Waals surface area contributed by atoms with E-state index in [4.69, 9.17) is 4.74 Å². The van der Waals surface area contributed by atoms with Gasteiger partial charge in [0.2, 0.25) is 15.9 Å². The molecule has 1 saturated heterocycles. The third-order valence-electron chi connectivity index (χ3n) is 4.48. The summed E-state index contributed by atoms with van der Waals surface area (Å²) in [5.74, 6) is -0.453. The maximum Gasteiger partial charge on any atom is 0.409 e. The molecule has 0 spiro atoms. The third kappa shape index (κ3) is 5.34. The van der Waals surface area contributed by atoms with Gasteiger partial charge in [-0.25, -0.2) is 13.2 Å². The Morgan fingerprint density at radius 2 is 1.83 bits per heavy atom. The molecule has 1 aliphatic rings. The molecule has 0 N–H and O–H groups in total. The first-order valence-corrected chi connectivity index (χ1v) is 10.9. The number of non-ortho nitro benzene ring substituents is 1. The fourth-order valence-corrected chi connectivity index (χ4v) is 4.30. The average Bonchev–Trinajstić information content (AvgIpc) is 2.67. The lowest BCUT2D eigenvalue weighted by Gasteiger charge is -2.37. The summed E-state index contributed by atoms with van der Waals surface area (Å²) in [5, 5.41) is 11.0. The molecule has 29 heavy (non-hydrogen) atoms. The van der Waals surface area contributed by atoms with Crippen LogP contribution in [0.3, 0.4) is 0 Å². The van der Waals surface area contributed by atoms with Crippen LogP contribution in [0.2, 0.25) is 0 Å². The van der Waals surface area contributed by atoms with Crippen molar-refractivity contribution in [2.24, 2.45) is 0 Å². The van der Waals surface area contributed by atoms with Crippen LogP contribution >= 0.6 is 0 Å². The Labute approximate surface area is 169 Å². The van der Waals surface area contributed by atoms with Gasteiger partial charge in [0.25, 0.3) is 5.69 Å². The maximum atomic E-state index is 12.9. The van der Waals surface area contributed by atoms with Gasteiger partial charge < -0.3 is 14.5 Å². The second kappa shape index (κ2) is 9.07. The Balaban J connectivity index is 2.19. The molecule has 1 aromatic carbocycles. The van der Waals surface area contributed by atoms with E-state index in [1.54, 1.807) is 6.92 Å². The number of nitro groups is 1. The van der Waals surface area contributed by atoms with E-state index in [1.807, 2.05) is 0 Å². The molecule has 1 atom stereocenters. The number of hydrogen-bond donors (Lipinski definition) is 0. The molecule has 1 fully saturated rings. The number of nitro benzene ring substituents is 1. The lowest BCUT2D eigenvalue weighted by molar-refractivity contribution is -0.384. The summed E-state index contributed by atoms with van der Waals surface area (Å²) < 4.78 is 30.6. The van der Waals surface area contributed by atoms with Crippen LogP contribution in [0.25, 0.3) is 0 Å². The van der Waals surface area contributed by atoms with Crippen molar-refractivity contribution in [3.05, 3.63) is 34.4 Å². The number of amides is 2. The van der Waals surface area contributed by atoms with Crippen LogP contribution in [0.15, 0.2) is 24.3 Å². The first-order chi connectivity index (χ1) is 13.6. The van der Waals surface area contributed by atoms with Crippen molar-refractivity contribution in [1.82, 2.24) is 9.80 Å². The normalized spacial score (nSPS) is 15.6. The molecule has 1 aliphatic heterocycles. The lowest BCUT2D eigenvalue weighted by atomic mass is 10.2. The van der Waals surface area contributed by atoms with Crippen molar-refractivity contribution in [2.75, 3.05) is 43.3 Å². The summed E-state index contributed by atoms with van der Waals surface area (Å²) in [6, 6.07) is 4.01. The first kappa shape index (κ1) is 22.4. The van der Waals surface area contributed by atoms with Gasteiger partial charge in [-0.1, -0.05) is 6.07 Å². The molecule has 0 aromatic heterocycles. The van der Waals surface area contributed by atoms with Gasteiger partial charge in [-0.2, -0.15) is 0 Å². The van der Waals surface area contributed by atoms with Crippen LogP contribution in [0.4, 0.5) is 16.2 Å². The highest BCUT2D eigenvalue weighted by molar-refractivity contribution is 7.92. The van der Waals surface area contributed by atoms with Gasteiger partial charge in [0.05, 0.1) is 23.5 Å². The summed E-state index contributed by atoms with van der Waals surface area (Å²) in [6.45, 7) is 4.39. The van der Waals surface area contributed by atoms with Crippen molar-refractivity contribution in [1.29, 1.82) is 0 Å². The molecule has 0 bridgehead atoms. The number of nitrogens with zero attached hydrogens (tertiary/aromatic N) is 4. The molecular formula is C17H24N4O7S. The maximum absolute atomic E-state index is 12.9. The van der Waals surface area contributed by atoms with Crippen molar-refractivity contribution >= 4 is 33.4 Å². The van der Waals surface area contributed by atoms with E-state index in [1.165, 1.54) is 34.9 Å². The van der Waals surface area contributed by atoms with Crippen LogP contribution in [0.1, 0.15) is 13.8 Å².